The molecule has 3 N–H and O–H groups in total. The largest absolute Gasteiger partial charge is 0.503 e. The molecule has 0 aromatic carbocycles. The van der Waals surface area contributed by atoms with Crippen LogP contribution < -0.4 is 15.4 Å². The number of thioether (sulfide) groups is 1. The van der Waals surface area contributed by atoms with E-state index in [1.165, 1.54) is 11.8 Å². The Morgan fingerprint density at radius 2 is 2.33 bits per heavy atom. The first-order chi connectivity index (χ1) is 14.7. The number of nitrogens with one attached hydrogen (secondary N) is 2. The van der Waals surface area contributed by atoms with Crippen LogP contribution in [0.2, 0.25) is 0 Å². The lowest BCUT2D eigenvalue weighted by atomic mass is 10.0. The zero-order chi connectivity index (χ0) is 21.0. The second-order valence-corrected chi connectivity index (χ2v) is 7.84. The van der Waals surface area contributed by atoms with Gasteiger partial charge in [0.15, 0.2) is 5.75 Å². The summed E-state index contributed by atoms with van der Waals surface area (Å²) in [7, 11) is 0. The summed E-state index contributed by atoms with van der Waals surface area (Å²) in [6, 6.07) is 4.01. The number of pyridine rings is 1. The van der Waals surface area contributed by atoms with E-state index in [-0.39, 0.29) is 24.1 Å². The van der Waals surface area contributed by atoms with Crippen LogP contribution in [0.25, 0.3) is 0 Å². The van der Waals surface area contributed by atoms with E-state index in [9.17, 15) is 9.90 Å². The molecule has 1 aliphatic rings. The summed E-state index contributed by atoms with van der Waals surface area (Å²) in [4.78, 5) is 15.9. The van der Waals surface area contributed by atoms with Crippen molar-refractivity contribution in [3.63, 3.8) is 0 Å². The van der Waals surface area contributed by atoms with Crippen molar-refractivity contribution in [2.75, 3.05) is 25.4 Å². The molecular weight excluding hydrogens is 402 g/mol. The number of rotatable bonds is 11. The molecule has 160 valence electrons. The fourth-order valence-electron chi connectivity index (χ4n) is 2.96. The first-order valence-electron chi connectivity index (χ1n) is 9.91. The fraction of sp³-hybridized carbons (Fsp3) is 0.364. The highest BCUT2D eigenvalue weighted by Gasteiger charge is 2.15. The van der Waals surface area contributed by atoms with E-state index in [4.69, 9.17) is 9.15 Å². The molecule has 0 fully saturated rings. The van der Waals surface area contributed by atoms with Crippen LogP contribution in [0, 0.1) is 0 Å². The highest BCUT2D eigenvalue weighted by Crippen LogP contribution is 2.28. The topological polar surface area (TPSA) is 96.6 Å². The minimum absolute atomic E-state index is 0.0211. The molecule has 0 bridgehead atoms. The van der Waals surface area contributed by atoms with Gasteiger partial charge in [-0.2, -0.15) is 0 Å². The lowest BCUT2D eigenvalue weighted by Crippen LogP contribution is -2.33. The molecule has 7 nitrogen and oxygen atoms in total. The number of amides is 1. The third kappa shape index (κ3) is 7.27. The molecule has 2 aromatic heterocycles. The summed E-state index contributed by atoms with van der Waals surface area (Å²) in [6.07, 6.45) is 14.5. The number of aromatic hydroxyl groups is 1. The van der Waals surface area contributed by atoms with Crippen molar-refractivity contribution >= 4 is 17.7 Å². The smallest absolute Gasteiger partial charge is 0.257 e. The molecule has 0 saturated heterocycles. The van der Waals surface area contributed by atoms with E-state index in [1.807, 2.05) is 18.2 Å². The van der Waals surface area contributed by atoms with Crippen molar-refractivity contribution in [1.82, 2.24) is 15.6 Å². The van der Waals surface area contributed by atoms with Gasteiger partial charge in [-0.1, -0.05) is 18.2 Å². The number of carbonyl (C=O) groups excluding carboxylic acids is 1. The third-order valence-electron chi connectivity index (χ3n) is 4.53. The molecule has 1 atom stereocenters. The van der Waals surface area contributed by atoms with Gasteiger partial charge in [-0.05, 0) is 31.1 Å². The number of hydrogen-bond acceptors (Lipinski definition) is 7. The number of hydrogen-bond donors (Lipinski definition) is 3. The minimum Gasteiger partial charge on any atom is -0.503 e. The van der Waals surface area contributed by atoms with Crippen LogP contribution in [0.1, 0.15) is 17.5 Å². The lowest BCUT2D eigenvalue weighted by molar-refractivity contribution is -0.118. The molecule has 8 heteroatoms. The van der Waals surface area contributed by atoms with Crippen LogP contribution >= 0.6 is 11.8 Å². The number of nitrogens with zero attached hydrogens (tertiary/aromatic N) is 1. The van der Waals surface area contributed by atoms with Gasteiger partial charge in [-0.15, -0.1) is 11.8 Å². The summed E-state index contributed by atoms with van der Waals surface area (Å²) in [5.74, 6) is 1.43. The highest BCUT2D eigenvalue weighted by atomic mass is 32.2. The van der Waals surface area contributed by atoms with Crippen LogP contribution in [0.3, 0.4) is 0 Å². The molecule has 3 rings (SSSR count). The average Bonchev–Trinajstić information content (AvgIpc) is 3.27. The first-order valence-corrected chi connectivity index (χ1v) is 11.1. The van der Waals surface area contributed by atoms with Gasteiger partial charge in [0.05, 0.1) is 18.3 Å². The first kappa shape index (κ1) is 22.0. The maximum absolute atomic E-state index is 11.8. The van der Waals surface area contributed by atoms with Crippen molar-refractivity contribution < 1.29 is 19.1 Å². The van der Waals surface area contributed by atoms with Gasteiger partial charge in [0, 0.05) is 42.2 Å². The zero-order valence-electron chi connectivity index (χ0n) is 16.8. The van der Waals surface area contributed by atoms with Crippen molar-refractivity contribution in [3.8, 4) is 11.6 Å². The zero-order valence-corrected chi connectivity index (χ0v) is 17.6. The van der Waals surface area contributed by atoms with Gasteiger partial charge >= 0.3 is 0 Å². The molecule has 3 heterocycles. The number of aromatic nitrogens is 1. The summed E-state index contributed by atoms with van der Waals surface area (Å²) >= 11 is 1.53. The molecular formula is C22H27N3O4S. The maximum Gasteiger partial charge on any atom is 0.257 e. The molecule has 0 aliphatic carbocycles. The molecule has 30 heavy (non-hydrogen) atoms. The summed E-state index contributed by atoms with van der Waals surface area (Å²) in [6.45, 7) is 1.54. The van der Waals surface area contributed by atoms with Crippen molar-refractivity contribution in [2.24, 2.45) is 0 Å². The monoisotopic (exact) mass is 429 g/mol. The Morgan fingerprint density at radius 3 is 3.13 bits per heavy atom. The summed E-state index contributed by atoms with van der Waals surface area (Å²) < 4.78 is 10.6. The van der Waals surface area contributed by atoms with Crippen molar-refractivity contribution in [2.45, 2.75) is 24.6 Å². The SMILES string of the molecule is O=C(CSCc1ccoc1)NCC=CCOc1nccc(CC2CC=CCN2)c1O. The quantitative estimate of drug-likeness (QED) is 0.473. The van der Waals surface area contributed by atoms with E-state index < -0.39 is 0 Å². The second kappa shape index (κ2) is 12.1. The van der Waals surface area contributed by atoms with E-state index in [0.29, 0.717) is 18.3 Å². The van der Waals surface area contributed by atoms with Crippen LogP contribution in [0.15, 0.2) is 59.6 Å². The third-order valence-corrected chi connectivity index (χ3v) is 5.54. The van der Waals surface area contributed by atoms with Gasteiger partial charge in [0.1, 0.15) is 6.61 Å². The molecule has 0 spiro atoms. The summed E-state index contributed by atoms with van der Waals surface area (Å²) in [5.41, 5.74) is 1.88. The minimum atomic E-state index is -0.0211. The van der Waals surface area contributed by atoms with Crippen molar-refractivity contribution in [1.29, 1.82) is 0 Å². The Kier molecular flexibility index (Phi) is 8.86. The fourth-order valence-corrected chi connectivity index (χ4v) is 3.75. The normalized spacial score (nSPS) is 16.1. The summed E-state index contributed by atoms with van der Waals surface area (Å²) in [5, 5.41) is 16.6. The van der Waals surface area contributed by atoms with Crippen LogP contribution in [-0.4, -0.2) is 47.5 Å². The Bertz CT molecular complexity index is 852. The number of carbonyl (C=O) groups is 1. The Labute approximate surface area is 180 Å². The van der Waals surface area contributed by atoms with Gasteiger partial charge in [0.25, 0.3) is 5.88 Å². The molecule has 1 aliphatic heterocycles. The van der Waals surface area contributed by atoms with Crippen LogP contribution in [0.4, 0.5) is 0 Å². The number of furan rings is 1. The van der Waals surface area contributed by atoms with E-state index in [1.54, 1.807) is 24.8 Å². The molecule has 0 saturated carbocycles. The molecule has 2 aromatic rings. The van der Waals surface area contributed by atoms with Crippen LogP contribution in [-0.2, 0) is 17.0 Å². The molecule has 1 unspecified atom stereocenters. The van der Waals surface area contributed by atoms with Gasteiger partial charge in [0.2, 0.25) is 5.91 Å². The van der Waals surface area contributed by atoms with E-state index >= 15 is 0 Å². The van der Waals surface area contributed by atoms with Gasteiger partial charge < -0.3 is 24.9 Å². The van der Waals surface area contributed by atoms with Crippen LogP contribution in [0.5, 0.6) is 11.6 Å². The number of ether oxygens (including phenoxy) is 1. The second-order valence-electron chi connectivity index (χ2n) is 6.85. The Balaban J connectivity index is 1.33. The average molecular weight is 430 g/mol. The van der Waals surface area contributed by atoms with E-state index in [2.05, 4.69) is 27.8 Å². The van der Waals surface area contributed by atoms with Crippen molar-refractivity contribution in [3.05, 3.63) is 66.3 Å². The molecule has 0 radical (unpaired) electrons. The lowest BCUT2D eigenvalue weighted by Gasteiger charge is -2.20. The predicted octanol–water partition coefficient (Wildman–Crippen LogP) is 2.83. The highest BCUT2D eigenvalue weighted by molar-refractivity contribution is 7.99. The van der Waals surface area contributed by atoms with Gasteiger partial charge in [-0.25, -0.2) is 4.98 Å². The molecule has 1 amide bonds. The van der Waals surface area contributed by atoms with E-state index in [0.717, 1.165) is 36.3 Å². The maximum atomic E-state index is 11.8. The predicted molar refractivity (Wildman–Crippen MR) is 118 cm³/mol. The Morgan fingerprint density at radius 1 is 1.40 bits per heavy atom. The van der Waals surface area contributed by atoms with Gasteiger partial charge in [-0.3, -0.25) is 4.79 Å². The standard InChI is InChI=1S/C22H27N3O4S/c26-20(16-30-15-17-7-12-28-14-17)24-9-3-4-11-29-22-21(27)18(6-10-25-22)13-19-5-1-2-8-23-19/h1-4,6-7,10,12,14,19,23,27H,5,8-9,11,13,15-16H2,(H,24,26). The Hall–Kier alpha value is -2.71.